The third-order valence-corrected chi connectivity index (χ3v) is 5.43. The third-order valence-electron chi connectivity index (χ3n) is 5.43. The molecule has 1 saturated heterocycles. The molecule has 0 spiro atoms. The Balaban J connectivity index is 1.48. The number of hydrogen-bond acceptors (Lipinski definition) is 5. The number of anilines is 2. The summed E-state index contributed by atoms with van der Waals surface area (Å²) in [6.45, 7) is 6.84. The van der Waals surface area contributed by atoms with Gasteiger partial charge in [-0.05, 0) is 44.2 Å². The van der Waals surface area contributed by atoms with Gasteiger partial charge in [-0.15, -0.1) is 0 Å². The number of ether oxygens (including phenoxy) is 1. The number of nitrogens with one attached hydrogen (secondary N) is 1. The molecule has 0 radical (unpaired) electrons. The summed E-state index contributed by atoms with van der Waals surface area (Å²) in [4.78, 5) is 27.4. The smallest absolute Gasteiger partial charge is 0.267 e. The number of benzene rings is 2. The molecule has 3 aromatic rings. The van der Waals surface area contributed by atoms with Crippen LogP contribution in [0.5, 0.6) is 0 Å². The van der Waals surface area contributed by atoms with Gasteiger partial charge in [-0.3, -0.25) is 9.59 Å². The second-order valence-electron chi connectivity index (χ2n) is 7.68. The van der Waals surface area contributed by atoms with Gasteiger partial charge in [0.05, 0.1) is 18.9 Å². The minimum Gasteiger partial charge on any atom is -0.378 e. The zero-order valence-corrected chi connectivity index (χ0v) is 17.7. The van der Waals surface area contributed by atoms with E-state index in [9.17, 15) is 9.59 Å². The van der Waals surface area contributed by atoms with E-state index in [2.05, 4.69) is 15.3 Å². The molecular formula is C24H26N4O3. The Labute approximate surface area is 181 Å². The predicted octanol–water partition coefficient (Wildman–Crippen LogP) is 3.26. The molecule has 31 heavy (non-hydrogen) atoms. The number of rotatable bonds is 5. The molecule has 1 aliphatic rings. The summed E-state index contributed by atoms with van der Waals surface area (Å²) in [5.41, 5.74) is 4.14. The Hall–Kier alpha value is -3.45. The lowest BCUT2D eigenvalue weighted by molar-refractivity contribution is -0.119. The molecule has 4 rings (SSSR count). The Morgan fingerprint density at radius 1 is 1.00 bits per heavy atom. The van der Waals surface area contributed by atoms with Crippen LogP contribution in [0.4, 0.5) is 11.4 Å². The molecule has 1 fully saturated rings. The monoisotopic (exact) mass is 418 g/mol. The first-order chi connectivity index (χ1) is 15.0. The summed E-state index contributed by atoms with van der Waals surface area (Å²) in [6.07, 6.45) is 0. The van der Waals surface area contributed by atoms with Gasteiger partial charge in [0.1, 0.15) is 6.04 Å². The minimum absolute atomic E-state index is 0.297. The highest BCUT2D eigenvalue weighted by molar-refractivity contribution is 5.93. The van der Waals surface area contributed by atoms with Gasteiger partial charge in [-0.2, -0.15) is 5.10 Å². The number of nitrogens with zero attached hydrogens (tertiary/aromatic N) is 3. The average molecular weight is 418 g/mol. The van der Waals surface area contributed by atoms with E-state index in [0.717, 1.165) is 43.1 Å². The molecule has 1 aromatic heterocycles. The molecule has 2 aromatic carbocycles. The first-order valence-electron chi connectivity index (χ1n) is 10.4. The molecule has 160 valence electrons. The molecule has 1 atom stereocenters. The largest absolute Gasteiger partial charge is 0.378 e. The van der Waals surface area contributed by atoms with Crippen LogP contribution in [0.3, 0.4) is 0 Å². The third kappa shape index (κ3) is 4.83. The van der Waals surface area contributed by atoms with Crippen molar-refractivity contribution >= 4 is 17.3 Å². The summed E-state index contributed by atoms with van der Waals surface area (Å²) < 4.78 is 6.61. The zero-order chi connectivity index (χ0) is 21.8. The van der Waals surface area contributed by atoms with Crippen molar-refractivity contribution in [2.75, 3.05) is 36.5 Å². The highest BCUT2D eigenvalue weighted by Gasteiger charge is 2.19. The molecule has 1 amide bonds. The van der Waals surface area contributed by atoms with E-state index >= 15 is 0 Å². The average Bonchev–Trinajstić information content (AvgIpc) is 2.80. The van der Waals surface area contributed by atoms with Crippen LogP contribution in [0.2, 0.25) is 0 Å². The van der Waals surface area contributed by atoms with Gasteiger partial charge in [0.2, 0.25) is 5.91 Å². The molecule has 0 saturated carbocycles. The van der Waals surface area contributed by atoms with E-state index < -0.39 is 6.04 Å². The fraction of sp³-hybridized carbons (Fsp3) is 0.292. The lowest BCUT2D eigenvalue weighted by Crippen LogP contribution is -2.36. The number of hydrogen-bond donors (Lipinski definition) is 1. The van der Waals surface area contributed by atoms with Crippen molar-refractivity contribution in [1.82, 2.24) is 9.78 Å². The van der Waals surface area contributed by atoms with Crippen LogP contribution in [0.25, 0.3) is 11.3 Å². The molecule has 0 aliphatic carbocycles. The van der Waals surface area contributed by atoms with Crippen LogP contribution < -0.4 is 15.8 Å². The van der Waals surface area contributed by atoms with Gasteiger partial charge in [-0.1, -0.05) is 29.8 Å². The van der Waals surface area contributed by atoms with Gasteiger partial charge in [0.25, 0.3) is 5.56 Å². The number of aryl methyl sites for hydroxylation is 1. The highest BCUT2D eigenvalue weighted by Crippen LogP contribution is 2.20. The van der Waals surface area contributed by atoms with E-state index in [4.69, 9.17) is 4.74 Å². The molecule has 0 bridgehead atoms. The number of morpholine rings is 1. The van der Waals surface area contributed by atoms with Crippen molar-refractivity contribution in [1.29, 1.82) is 0 Å². The second-order valence-corrected chi connectivity index (χ2v) is 7.68. The molecule has 1 unspecified atom stereocenters. The van der Waals surface area contributed by atoms with Gasteiger partial charge in [0.15, 0.2) is 0 Å². The van der Waals surface area contributed by atoms with Crippen molar-refractivity contribution in [3.05, 3.63) is 76.6 Å². The molecule has 2 heterocycles. The first-order valence-corrected chi connectivity index (χ1v) is 10.4. The summed E-state index contributed by atoms with van der Waals surface area (Å²) in [6, 6.07) is 18.0. The van der Waals surface area contributed by atoms with Crippen LogP contribution in [-0.4, -0.2) is 42.0 Å². The van der Waals surface area contributed by atoms with Crippen LogP contribution in [0, 0.1) is 6.92 Å². The molecule has 1 aliphatic heterocycles. The van der Waals surface area contributed by atoms with E-state index in [0.29, 0.717) is 11.4 Å². The van der Waals surface area contributed by atoms with Gasteiger partial charge in [-0.25, -0.2) is 4.68 Å². The summed E-state index contributed by atoms with van der Waals surface area (Å²) in [5.74, 6) is -0.297. The normalized spacial score (nSPS) is 14.8. The van der Waals surface area contributed by atoms with E-state index in [1.54, 1.807) is 13.0 Å². The summed E-state index contributed by atoms with van der Waals surface area (Å²) in [7, 11) is 0. The summed E-state index contributed by atoms with van der Waals surface area (Å²) in [5, 5.41) is 7.32. The van der Waals surface area contributed by atoms with Crippen LogP contribution in [0.15, 0.2) is 65.5 Å². The lowest BCUT2D eigenvalue weighted by atomic mass is 10.1. The van der Waals surface area contributed by atoms with Crippen molar-refractivity contribution in [3.8, 4) is 11.3 Å². The minimum atomic E-state index is -0.753. The van der Waals surface area contributed by atoms with Crippen molar-refractivity contribution in [2.24, 2.45) is 0 Å². The van der Waals surface area contributed by atoms with Gasteiger partial charge < -0.3 is 15.0 Å². The van der Waals surface area contributed by atoms with E-state index in [1.807, 2.05) is 55.5 Å². The molecule has 7 heteroatoms. The van der Waals surface area contributed by atoms with Crippen molar-refractivity contribution in [2.45, 2.75) is 19.9 Å². The van der Waals surface area contributed by atoms with Gasteiger partial charge in [0, 0.05) is 36.1 Å². The Bertz CT molecular complexity index is 1100. The zero-order valence-electron chi connectivity index (χ0n) is 17.7. The maximum atomic E-state index is 12.8. The predicted molar refractivity (Wildman–Crippen MR) is 121 cm³/mol. The highest BCUT2D eigenvalue weighted by atomic mass is 16.5. The fourth-order valence-corrected chi connectivity index (χ4v) is 3.52. The summed E-state index contributed by atoms with van der Waals surface area (Å²) >= 11 is 0. The van der Waals surface area contributed by atoms with Crippen molar-refractivity contribution < 1.29 is 9.53 Å². The number of amides is 1. The second kappa shape index (κ2) is 9.14. The van der Waals surface area contributed by atoms with Crippen LogP contribution in [0.1, 0.15) is 18.5 Å². The Kier molecular flexibility index (Phi) is 6.13. The quantitative estimate of drug-likeness (QED) is 0.688. The lowest BCUT2D eigenvalue weighted by Gasteiger charge is -2.29. The maximum absolute atomic E-state index is 12.8. The van der Waals surface area contributed by atoms with E-state index in [-0.39, 0.29) is 11.5 Å². The SMILES string of the molecule is Cc1ccc(-c2ccc(=O)n(C(C)C(=O)Nc3ccc(N4CCOCC4)cc3)n2)cc1. The molecule has 1 N–H and O–H groups in total. The van der Waals surface area contributed by atoms with Crippen LogP contribution >= 0.6 is 0 Å². The van der Waals surface area contributed by atoms with Gasteiger partial charge >= 0.3 is 0 Å². The fourth-order valence-electron chi connectivity index (χ4n) is 3.52. The Morgan fingerprint density at radius 3 is 2.35 bits per heavy atom. The van der Waals surface area contributed by atoms with Crippen LogP contribution in [-0.2, 0) is 9.53 Å². The maximum Gasteiger partial charge on any atom is 0.267 e. The Morgan fingerprint density at radius 2 is 1.68 bits per heavy atom. The number of carbonyl (C=O) groups is 1. The number of aromatic nitrogens is 2. The van der Waals surface area contributed by atoms with Crippen molar-refractivity contribution in [3.63, 3.8) is 0 Å². The number of carbonyl (C=O) groups excluding carboxylic acids is 1. The first kappa shape index (κ1) is 20.8. The molecule has 7 nitrogen and oxygen atoms in total. The molecular weight excluding hydrogens is 392 g/mol. The topological polar surface area (TPSA) is 76.5 Å². The standard InChI is InChI=1S/C24H26N4O3/c1-17-3-5-19(6-4-17)22-11-12-23(29)28(26-22)18(2)24(30)25-20-7-9-21(10-8-20)27-13-15-31-16-14-27/h3-12,18H,13-16H2,1-2H3,(H,25,30). The van der Waals surface area contributed by atoms with E-state index in [1.165, 1.54) is 10.7 Å².